The fraction of sp³-hybridized carbons (Fsp3) is 0.619. The first-order valence-corrected chi connectivity index (χ1v) is 11.4. The highest BCUT2D eigenvalue weighted by molar-refractivity contribution is 7.15. The van der Waals surface area contributed by atoms with Crippen LogP contribution in [0.4, 0.5) is 5.13 Å². The Morgan fingerprint density at radius 2 is 1.86 bits per heavy atom. The van der Waals surface area contributed by atoms with E-state index in [1.165, 1.54) is 44.8 Å². The van der Waals surface area contributed by atoms with Crippen LogP contribution in [0.15, 0.2) is 22.8 Å². The molecule has 4 fully saturated rings. The van der Waals surface area contributed by atoms with Crippen molar-refractivity contribution >= 4 is 28.3 Å². The second-order valence-corrected chi connectivity index (χ2v) is 9.97. The maximum absolute atomic E-state index is 12.2. The number of hydrogen-bond acceptors (Lipinski definition) is 6. The predicted molar refractivity (Wildman–Crippen MR) is 109 cm³/mol. The second kappa shape index (κ2) is 7.55. The lowest BCUT2D eigenvalue weighted by Crippen LogP contribution is -2.48. The van der Waals surface area contributed by atoms with E-state index in [4.69, 9.17) is 4.42 Å². The summed E-state index contributed by atoms with van der Waals surface area (Å²) >= 11 is 1.56. The molecule has 0 aliphatic heterocycles. The van der Waals surface area contributed by atoms with Crippen LogP contribution in [0, 0.1) is 17.8 Å². The van der Waals surface area contributed by atoms with Gasteiger partial charge in [-0.2, -0.15) is 0 Å². The first-order valence-electron chi connectivity index (χ1n) is 10.6. The third-order valence-corrected chi connectivity index (χ3v) is 7.86. The molecule has 154 valence electrons. The van der Waals surface area contributed by atoms with E-state index in [2.05, 4.69) is 20.8 Å². The van der Waals surface area contributed by atoms with Crippen LogP contribution in [0.3, 0.4) is 0 Å². The average Bonchev–Trinajstić information content (AvgIpc) is 3.36. The summed E-state index contributed by atoms with van der Waals surface area (Å²) in [7, 11) is 0. The van der Waals surface area contributed by atoms with E-state index in [-0.39, 0.29) is 23.0 Å². The van der Waals surface area contributed by atoms with E-state index in [1.807, 2.05) is 0 Å². The summed E-state index contributed by atoms with van der Waals surface area (Å²) in [6.45, 7) is 0.418. The van der Waals surface area contributed by atoms with Crippen LogP contribution in [-0.2, 0) is 10.2 Å². The number of aromatic nitrogens is 2. The standard InChI is InChI=1S/C21H26N4O3S/c26-17(4-1-5-22-18(27)16-3-2-6-28-16)23-20-25-24-19(29-20)21-10-13-7-14(11-21)9-15(8-13)12-21/h2-3,6,13-15H,1,4-5,7-12H2,(H,22,27)(H,23,25,26). The highest BCUT2D eigenvalue weighted by Gasteiger charge is 2.53. The van der Waals surface area contributed by atoms with Gasteiger partial charge in [0.1, 0.15) is 5.01 Å². The van der Waals surface area contributed by atoms with Gasteiger partial charge < -0.3 is 15.1 Å². The van der Waals surface area contributed by atoms with Gasteiger partial charge >= 0.3 is 0 Å². The normalized spacial score (nSPS) is 29.7. The Bertz CT molecular complexity index is 856. The molecule has 2 heterocycles. The van der Waals surface area contributed by atoms with Gasteiger partial charge in [-0.05, 0) is 74.8 Å². The molecule has 4 saturated carbocycles. The van der Waals surface area contributed by atoms with E-state index in [0.717, 1.165) is 22.8 Å². The lowest BCUT2D eigenvalue weighted by molar-refractivity contribution is -0.116. The lowest BCUT2D eigenvalue weighted by atomic mass is 9.50. The van der Waals surface area contributed by atoms with Gasteiger partial charge in [0.15, 0.2) is 5.76 Å². The molecular weight excluding hydrogens is 388 g/mol. The summed E-state index contributed by atoms with van der Waals surface area (Å²) in [6.07, 6.45) is 10.3. The third-order valence-electron chi connectivity index (χ3n) is 6.77. The maximum Gasteiger partial charge on any atom is 0.286 e. The minimum atomic E-state index is -0.264. The zero-order valence-corrected chi connectivity index (χ0v) is 17.2. The molecule has 8 heteroatoms. The van der Waals surface area contributed by atoms with E-state index >= 15 is 0 Å². The SMILES string of the molecule is O=C(CCCNC(=O)c1ccco1)Nc1nnc(C23CC4CC(CC(C4)C2)C3)s1. The highest BCUT2D eigenvalue weighted by atomic mass is 32.1. The monoisotopic (exact) mass is 414 g/mol. The van der Waals surface area contributed by atoms with Crippen LogP contribution < -0.4 is 10.6 Å². The second-order valence-electron chi connectivity index (χ2n) is 9.00. The summed E-state index contributed by atoms with van der Waals surface area (Å²) in [5, 5.41) is 16.1. The Labute approximate surface area is 173 Å². The first-order chi connectivity index (χ1) is 14.1. The van der Waals surface area contributed by atoms with Crippen molar-refractivity contribution < 1.29 is 14.0 Å². The molecule has 4 aliphatic carbocycles. The van der Waals surface area contributed by atoms with Crippen molar-refractivity contribution in [1.29, 1.82) is 0 Å². The molecule has 0 spiro atoms. The Morgan fingerprint density at radius 1 is 1.14 bits per heavy atom. The minimum Gasteiger partial charge on any atom is -0.459 e. The Kier molecular flexibility index (Phi) is 4.89. The Balaban J connectivity index is 1.11. The minimum absolute atomic E-state index is 0.0922. The molecule has 6 rings (SSSR count). The number of rotatable bonds is 7. The quantitative estimate of drug-likeness (QED) is 0.673. The van der Waals surface area contributed by atoms with Gasteiger partial charge in [-0.3, -0.25) is 9.59 Å². The molecule has 2 amide bonds. The van der Waals surface area contributed by atoms with Gasteiger partial charge in [0.25, 0.3) is 5.91 Å². The zero-order chi connectivity index (χ0) is 19.8. The van der Waals surface area contributed by atoms with Crippen LogP contribution in [0.1, 0.15) is 66.9 Å². The molecule has 4 bridgehead atoms. The summed E-state index contributed by atoms with van der Waals surface area (Å²) in [4.78, 5) is 24.0. The van der Waals surface area contributed by atoms with Crippen molar-refractivity contribution in [3.8, 4) is 0 Å². The third kappa shape index (κ3) is 3.82. The fourth-order valence-electron chi connectivity index (χ4n) is 5.99. The van der Waals surface area contributed by atoms with E-state index in [9.17, 15) is 9.59 Å². The number of nitrogens with zero attached hydrogens (tertiary/aromatic N) is 2. The fourth-order valence-corrected chi connectivity index (χ4v) is 6.97. The number of carbonyl (C=O) groups excluding carboxylic acids is 2. The van der Waals surface area contributed by atoms with Crippen molar-refractivity contribution in [1.82, 2.24) is 15.5 Å². The average molecular weight is 415 g/mol. The van der Waals surface area contributed by atoms with Crippen molar-refractivity contribution in [2.24, 2.45) is 17.8 Å². The van der Waals surface area contributed by atoms with Crippen molar-refractivity contribution in [2.45, 2.75) is 56.8 Å². The molecule has 2 N–H and O–H groups in total. The number of carbonyl (C=O) groups is 2. The molecular formula is C21H26N4O3S. The summed E-state index contributed by atoms with van der Waals surface area (Å²) in [5.74, 6) is 2.50. The van der Waals surface area contributed by atoms with E-state index in [0.29, 0.717) is 24.5 Å². The van der Waals surface area contributed by atoms with Crippen LogP contribution >= 0.6 is 11.3 Å². The van der Waals surface area contributed by atoms with Gasteiger partial charge in [0, 0.05) is 18.4 Å². The molecule has 0 unspecified atom stereocenters. The molecule has 4 aliphatic rings. The Morgan fingerprint density at radius 3 is 2.52 bits per heavy atom. The smallest absolute Gasteiger partial charge is 0.286 e. The largest absolute Gasteiger partial charge is 0.459 e. The molecule has 0 atom stereocenters. The number of anilines is 1. The van der Waals surface area contributed by atoms with Crippen molar-refractivity contribution in [2.75, 3.05) is 11.9 Å². The van der Waals surface area contributed by atoms with Gasteiger partial charge in [0.05, 0.1) is 6.26 Å². The molecule has 0 saturated heterocycles. The predicted octanol–water partition coefficient (Wildman–Crippen LogP) is 3.75. The van der Waals surface area contributed by atoms with Gasteiger partial charge in [-0.15, -0.1) is 10.2 Å². The molecule has 2 aromatic rings. The lowest BCUT2D eigenvalue weighted by Gasteiger charge is -2.55. The molecule has 0 aromatic carbocycles. The molecule has 2 aromatic heterocycles. The van der Waals surface area contributed by atoms with Crippen LogP contribution in [0.25, 0.3) is 0 Å². The number of hydrogen-bond donors (Lipinski definition) is 2. The van der Waals surface area contributed by atoms with Crippen LogP contribution in [0.2, 0.25) is 0 Å². The van der Waals surface area contributed by atoms with Gasteiger partial charge in [-0.25, -0.2) is 0 Å². The van der Waals surface area contributed by atoms with Crippen molar-refractivity contribution in [3.63, 3.8) is 0 Å². The topological polar surface area (TPSA) is 97.1 Å². The zero-order valence-electron chi connectivity index (χ0n) is 16.4. The summed E-state index contributed by atoms with van der Waals surface area (Å²) in [5.41, 5.74) is 0.214. The molecule has 0 radical (unpaired) electrons. The molecule has 7 nitrogen and oxygen atoms in total. The molecule has 29 heavy (non-hydrogen) atoms. The van der Waals surface area contributed by atoms with Crippen LogP contribution in [0.5, 0.6) is 0 Å². The van der Waals surface area contributed by atoms with Crippen molar-refractivity contribution in [3.05, 3.63) is 29.2 Å². The number of amides is 2. The number of nitrogens with one attached hydrogen (secondary N) is 2. The number of furan rings is 1. The summed E-state index contributed by atoms with van der Waals surface area (Å²) in [6, 6.07) is 3.28. The first kappa shape index (κ1) is 18.8. The van der Waals surface area contributed by atoms with E-state index < -0.39 is 0 Å². The maximum atomic E-state index is 12.2. The van der Waals surface area contributed by atoms with Gasteiger partial charge in [0.2, 0.25) is 11.0 Å². The Hall–Kier alpha value is -2.22. The highest BCUT2D eigenvalue weighted by Crippen LogP contribution is 2.61. The van der Waals surface area contributed by atoms with E-state index in [1.54, 1.807) is 23.5 Å². The van der Waals surface area contributed by atoms with Crippen LogP contribution in [-0.4, -0.2) is 28.6 Å². The van der Waals surface area contributed by atoms with Gasteiger partial charge in [-0.1, -0.05) is 11.3 Å². The summed E-state index contributed by atoms with van der Waals surface area (Å²) < 4.78 is 5.04.